The summed E-state index contributed by atoms with van der Waals surface area (Å²) >= 11 is 0. The van der Waals surface area contributed by atoms with Crippen LogP contribution in [-0.4, -0.2) is 41.7 Å². The number of methoxy groups -OCH3 is 1. The maximum atomic E-state index is 12.6. The fraction of sp³-hybridized carbons (Fsp3) is 0.419. The minimum atomic E-state index is -4.75. The molecular formula is C31H32F3NO6. The molecule has 1 N–H and O–H groups in total. The minimum Gasteiger partial charge on any atom is -0.497 e. The Morgan fingerprint density at radius 3 is 2.20 bits per heavy atom. The molecule has 2 aromatic carbocycles. The van der Waals surface area contributed by atoms with Crippen LogP contribution < -0.4 is 18.9 Å². The van der Waals surface area contributed by atoms with Crippen molar-refractivity contribution in [1.82, 2.24) is 4.98 Å². The number of pyridine rings is 1. The molecule has 1 atom stereocenters. The van der Waals surface area contributed by atoms with E-state index in [0.717, 1.165) is 49.7 Å². The van der Waals surface area contributed by atoms with Gasteiger partial charge >= 0.3 is 12.3 Å². The molecule has 0 saturated heterocycles. The SMILES string of the molecule is COc1ccc(-c2ccc(OC(F)(F)F)cc2)c(OC2CCC(Oc3cc(C(CC(=O)O)C4CC4)ccn3)CC2)c1. The smallest absolute Gasteiger partial charge is 0.497 e. The predicted octanol–water partition coefficient (Wildman–Crippen LogP) is 7.39. The monoisotopic (exact) mass is 571 g/mol. The van der Waals surface area contributed by atoms with Crippen LogP contribution >= 0.6 is 0 Å². The molecule has 0 bridgehead atoms. The van der Waals surface area contributed by atoms with E-state index in [9.17, 15) is 23.1 Å². The van der Waals surface area contributed by atoms with Crippen LogP contribution in [0.1, 0.15) is 56.4 Å². The second-order valence-electron chi connectivity index (χ2n) is 10.5. The van der Waals surface area contributed by atoms with Gasteiger partial charge in [-0.05, 0) is 91.8 Å². The Morgan fingerprint density at radius 1 is 0.927 bits per heavy atom. The number of carboxylic acid groups (broad SMARTS) is 1. The number of aliphatic carboxylic acids is 1. The van der Waals surface area contributed by atoms with Gasteiger partial charge in [-0.3, -0.25) is 4.79 Å². The van der Waals surface area contributed by atoms with E-state index in [0.29, 0.717) is 28.9 Å². The van der Waals surface area contributed by atoms with Crippen LogP contribution in [0.5, 0.6) is 23.1 Å². The Balaban J connectivity index is 1.21. The largest absolute Gasteiger partial charge is 0.573 e. The molecule has 2 saturated carbocycles. The van der Waals surface area contributed by atoms with Crippen LogP contribution in [0.15, 0.2) is 60.8 Å². The van der Waals surface area contributed by atoms with Crippen LogP contribution in [0, 0.1) is 5.92 Å². The van der Waals surface area contributed by atoms with Crippen molar-refractivity contribution >= 4 is 5.97 Å². The van der Waals surface area contributed by atoms with Crippen molar-refractivity contribution in [3.8, 4) is 34.3 Å². The number of aromatic nitrogens is 1. The third-order valence-corrected chi connectivity index (χ3v) is 7.56. The molecule has 0 spiro atoms. The zero-order valence-corrected chi connectivity index (χ0v) is 22.6. The first-order valence-electron chi connectivity index (χ1n) is 13.7. The number of rotatable bonds is 11. The van der Waals surface area contributed by atoms with Crippen molar-refractivity contribution in [3.05, 3.63) is 66.4 Å². The van der Waals surface area contributed by atoms with Gasteiger partial charge in [0, 0.05) is 23.9 Å². The Labute approximate surface area is 236 Å². The van der Waals surface area contributed by atoms with Crippen molar-refractivity contribution in [2.24, 2.45) is 5.92 Å². The number of alkyl halides is 3. The highest BCUT2D eigenvalue weighted by molar-refractivity contribution is 5.72. The summed E-state index contributed by atoms with van der Waals surface area (Å²) in [5.41, 5.74) is 2.38. The highest BCUT2D eigenvalue weighted by atomic mass is 19.4. The summed E-state index contributed by atoms with van der Waals surface area (Å²) in [5.74, 6) is 0.991. The van der Waals surface area contributed by atoms with Gasteiger partial charge in [0.25, 0.3) is 0 Å². The van der Waals surface area contributed by atoms with Gasteiger partial charge in [-0.2, -0.15) is 0 Å². The first-order valence-corrected chi connectivity index (χ1v) is 13.7. The molecule has 10 heteroatoms. The molecule has 2 aliphatic rings. The number of ether oxygens (including phenoxy) is 4. The molecule has 3 aromatic rings. The zero-order valence-electron chi connectivity index (χ0n) is 22.6. The second kappa shape index (κ2) is 12.3. The first kappa shape index (κ1) is 28.6. The van der Waals surface area contributed by atoms with Crippen molar-refractivity contribution < 1.29 is 42.0 Å². The lowest BCUT2D eigenvalue weighted by molar-refractivity contribution is -0.274. The van der Waals surface area contributed by atoms with E-state index >= 15 is 0 Å². The average molecular weight is 572 g/mol. The van der Waals surface area contributed by atoms with Gasteiger partial charge in [0.05, 0.1) is 19.6 Å². The van der Waals surface area contributed by atoms with Crippen molar-refractivity contribution in [2.45, 2.75) is 69.4 Å². The fourth-order valence-corrected chi connectivity index (χ4v) is 5.38. The standard InChI is InChI=1S/C31H32F3NO6/c1-38-25-12-13-26(19-4-6-24(7-5-19)41-31(32,33)34)28(17-25)39-22-8-10-23(11-9-22)40-29-16-21(14-15-35-29)27(18-30(36)37)20-2-3-20/h4-7,12-17,20,22-23,27H,2-3,8-11,18H2,1H3,(H,36,37). The molecule has 218 valence electrons. The van der Waals surface area contributed by atoms with E-state index in [2.05, 4.69) is 9.72 Å². The van der Waals surface area contributed by atoms with Crippen LogP contribution in [-0.2, 0) is 4.79 Å². The summed E-state index contributed by atoms with van der Waals surface area (Å²) < 4.78 is 59.6. The summed E-state index contributed by atoms with van der Waals surface area (Å²) in [4.78, 5) is 15.7. The quantitative estimate of drug-likeness (QED) is 0.257. The third-order valence-electron chi connectivity index (χ3n) is 7.56. The van der Waals surface area contributed by atoms with Gasteiger partial charge in [-0.25, -0.2) is 4.98 Å². The molecule has 7 nitrogen and oxygen atoms in total. The van der Waals surface area contributed by atoms with Crippen LogP contribution in [0.4, 0.5) is 13.2 Å². The second-order valence-corrected chi connectivity index (χ2v) is 10.5. The molecule has 5 rings (SSSR count). The summed E-state index contributed by atoms with van der Waals surface area (Å²) in [7, 11) is 1.56. The van der Waals surface area contributed by atoms with E-state index in [1.807, 2.05) is 18.2 Å². The zero-order chi connectivity index (χ0) is 29.0. The van der Waals surface area contributed by atoms with Crippen molar-refractivity contribution in [3.63, 3.8) is 0 Å². The lowest BCUT2D eigenvalue weighted by atomic mass is 9.91. The third kappa shape index (κ3) is 7.83. The molecule has 0 aliphatic heterocycles. The molecule has 0 radical (unpaired) electrons. The number of benzene rings is 2. The van der Waals surface area contributed by atoms with Gasteiger partial charge in [-0.1, -0.05) is 12.1 Å². The number of halogens is 3. The lowest BCUT2D eigenvalue weighted by Crippen LogP contribution is -2.30. The lowest BCUT2D eigenvalue weighted by Gasteiger charge is -2.30. The predicted molar refractivity (Wildman–Crippen MR) is 144 cm³/mol. The topological polar surface area (TPSA) is 87.1 Å². The molecule has 41 heavy (non-hydrogen) atoms. The Bertz CT molecular complexity index is 1330. The van der Waals surface area contributed by atoms with Gasteiger partial charge < -0.3 is 24.1 Å². The maximum Gasteiger partial charge on any atom is 0.573 e. The highest BCUT2D eigenvalue weighted by Crippen LogP contribution is 2.45. The van der Waals surface area contributed by atoms with E-state index in [4.69, 9.17) is 14.2 Å². The minimum absolute atomic E-state index is 0.0209. The Hall–Kier alpha value is -3.95. The number of hydrogen-bond donors (Lipinski definition) is 1. The van der Waals surface area contributed by atoms with Gasteiger partial charge in [0.2, 0.25) is 5.88 Å². The molecule has 1 heterocycles. The maximum absolute atomic E-state index is 12.6. The van der Waals surface area contributed by atoms with Crippen molar-refractivity contribution in [1.29, 1.82) is 0 Å². The Kier molecular flexibility index (Phi) is 8.56. The molecule has 2 aliphatic carbocycles. The summed E-state index contributed by atoms with van der Waals surface area (Å²) in [5, 5.41) is 9.33. The van der Waals surface area contributed by atoms with E-state index in [1.54, 1.807) is 37.6 Å². The number of nitrogens with zero attached hydrogens (tertiary/aromatic N) is 1. The Morgan fingerprint density at radius 2 is 1.59 bits per heavy atom. The highest BCUT2D eigenvalue weighted by Gasteiger charge is 2.34. The first-order chi connectivity index (χ1) is 19.7. The molecule has 1 unspecified atom stereocenters. The molecular weight excluding hydrogens is 539 g/mol. The van der Waals surface area contributed by atoms with Gasteiger partial charge in [0.15, 0.2) is 0 Å². The number of carbonyl (C=O) groups is 1. The van der Waals surface area contributed by atoms with Crippen LogP contribution in [0.2, 0.25) is 0 Å². The summed E-state index contributed by atoms with van der Waals surface area (Å²) in [6.07, 6.45) is 1.99. The fourth-order valence-electron chi connectivity index (χ4n) is 5.38. The number of carboxylic acids is 1. The summed E-state index contributed by atoms with van der Waals surface area (Å²) in [6, 6.07) is 14.8. The van der Waals surface area contributed by atoms with Crippen molar-refractivity contribution in [2.75, 3.05) is 7.11 Å². The number of hydrogen-bond acceptors (Lipinski definition) is 6. The normalized spacial score (nSPS) is 19.7. The van der Waals surface area contributed by atoms with E-state index in [-0.39, 0.29) is 30.3 Å². The van der Waals surface area contributed by atoms with E-state index < -0.39 is 12.3 Å². The molecule has 2 fully saturated rings. The van der Waals surface area contributed by atoms with E-state index in [1.165, 1.54) is 12.1 Å². The van der Waals surface area contributed by atoms with Gasteiger partial charge in [-0.15, -0.1) is 13.2 Å². The summed E-state index contributed by atoms with van der Waals surface area (Å²) in [6.45, 7) is 0. The average Bonchev–Trinajstić information content (AvgIpc) is 3.78. The molecule has 0 amide bonds. The van der Waals surface area contributed by atoms with Gasteiger partial charge in [0.1, 0.15) is 23.4 Å². The van der Waals surface area contributed by atoms with Crippen LogP contribution in [0.3, 0.4) is 0 Å². The molecule has 1 aromatic heterocycles. The van der Waals surface area contributed by atoms with Crippen LogP contribution in [0.25, 0.3) is 11.1 Å².